The summed E-state index contributed by atoms with van der Waals surface area (Å²) in [7, 11) is -3.13. The molecular formula is C27H26FN3O6S. The molecule has 1 N–H and O–H groups in total. The number of nitro benzene ring substituents is 1. The number of halogens is 1. The van der Waals surface area contributed by atoms with E-state index in [-0.39, 0.29) is 17.0 Å². The first kappa shape index (κ1) is 26.8. The number of rotatable bonds is 10. The predicted octanol–water partition coefficient (Wildman–Crippen LogP) is 5.21. The number of ether oxygens (including phenoxy) is 1. The molecule has 0 unspecified atom stereocenters. The van der Waals surface area contributed by atoms with Crippen LogP contribution in [0.25, 0.3) is 10.9 Å². The van der Waals surface area contributed by atoms with E-state index >= 15 is 0 Å². The zero-order chi connectivity index (χ0) is 27.4. The summed E-state index contributed by atoms with van der Waals surface area (Å²) < 4.78 is 48.6. The lowest BCUT2D eigenvalue weighted by Gasteiger charge is -2.12. The third kappa shape index (κ3) is 5.52. The zero-order valence-corrected chi connectivity index (χ0v) is 21.6. The molecule has 4 rings (SSSR count). The summed E-state index contributed by atoms with van der Waals surface area (Å²) in [5.41, 5.74) is 2.25. The molecule has 38 heavy (non-hydrogen) atoms. The topological polar surface area (TPSA) is 121 Å². The summed E-state index contributed by atoms with van der Waals surface area (Å²) in [5.74, 6) is -1.83. The zero-order valence-electron chi connectivity index (χ0n) is 20.8. The molecule has 1 amide bonds. The number of nitrogens with one attached hydrogen (secondary N) is 1. The molecule has 0 bridgehead atoms. The summed E-state index contributed by atoms with van der Waals surface area (Å²) >= 11 is 0. The number of benzene rings is 3. The number of carbonyl (C=O) groups excluding carboxylic acids is 1. The van der Waals surface area contributed by atoms with Crippen LogP contribution in [0.4, 0.5) is 10.1 Å². The number of amides is 1. The number of hydrogen-bond donors (Lipinski definition) is 1. The second kappa shape index (κ2) is 11.0. The Hall–Kier alpha value is -4.25. The van der Waals surface area contributed by atoms with Crippen LogP contribution in [0, 0.1) is 15.9 Å². The first-order valence-corrected chi connectivity index (χ1v) is 13.4. The summed E-state index contributed by atoms with van der Waals surface area (Å²) in [6.45, 7) is 2.82. The third-order valence-electron chi connectivity index (χ3n) is 6.17. The lowest BCUT2D eigenvalue weighted by molar-refractivity contribution is -0.384. The van der Waals surface area contributed by atoms with Crippen molar-refractivity contribution >= 4 is 32.5 Å². The van der Waals surface area contributed by atoms with Crippen LogP contribution in [0.3, 0.4) is 0 Å². The average Bonchev–Trinajstić information content (AvgIpc) is 3.23. The van der Waals surface area contributed by atoms with E-state index in [1.165, 1.54) is 37.4 Å². The molecule has 0 aliphatic heterocycles. The maximum absolute atomic E-state index is 14.1. The largest absolute Gasteiger partial charge is 0.496 e. The van der Waals surface area contributed by atoms with E-state index in [1.807, 2.05) is 10.9 Å². The average molecular weight is 540 g/mol. The van der Waals surface area contributed by atoms with E-state index in [2.05, 4.69) is 11.5 Å². The van der Waals surface area contributed by atoms with Gasteiger partial charge in [0.2, 0.25) is 0 Å². The highest BCUT2D eigenvalue weighted by Gasteiger charge is 2.24. The summed E-state index contributed by atoms with van der Waals surface area (Å²) in [5, 5.41) is 12.1. The van der Waals surface area contributed by atoms with Crippen molar-refractivity contribution in [3.8, 4) is 5.75 Å². The van der Waals surface area contributed by atoms with E-state index in [0.717, 1.165) is 48.0 Å². The van der Waals surface area contributed by atoms with Gasteiger partial charge in [-0.25, -0.2) is 17.5 Å². The van der Waals surface area contributed by atoms with Gasteiger partial charge in [-0.3, -0.25) is 14.9 Å². The van der Waals surface area contributed by atoms with Gasteiger partial charge < -0.3 is 9.30 Å². The second-order valence-electron chi connectivity index (χ2n) is 8.74. The number of nitro groups is 1. The Morgan fingerprint density at radius 1 is 1.13 bits per heavy atom. The maximum Gasteiger partial charge on any atom is 0.270 e. The maximum atomic E-state index is 14.1. The summed E-state index contributed by atoms with van der Waals surface area (Å²) in [6.07, 6.45) is 4.18. The first-order valence-electron chi connectivity index (χ1n) is 11.9. The van der Waals surface area contributed by atoms with Crippen molar-refractivity contribution in [2.45, 2.75) is 37.6 Å². The van der Waals surface area contributed by atoms with Crippen LogP contribution in [0.5, 0.6) is 5.75 Å². The van der Waals surface area contributed by atoms with Gasteiger partial charge in [-0.1, -0.05) is 31.5 Å². The van der Waals surface area contributed by atoms with Crippen molar-refractivity contribution in [2.24, 2.45) is 0 Å². The smallest absolute Gasteiger partial charge is 0.270 e. The first-order chi connectivity index (χ1) is 18.1. The van der Waals surface area contributed by atoms with Crippen molar-refractivity contribution < 1.29 is 27.3 Å². The number of methoxy groups -OCH3 is 1. The molecule has 0 aliphatic carbocycles. The van der Waals surface area contributed by atoms with Gasteiger partial charge in [-0.2, -0.15) is 0 Å². The molecule has 11 heteroatoms. The number of nitrogens with zero attached hydrogens (tertiary/aromatic N) is 2. The van der Waals surface area contributed by atoms with Crippen LogP contribution in [-0.4, -0.2) is 30.9 Å². The van der Waals surface area contributed by atoms with Gasteiger partial charge in [-0.05, 0) is 54.3 Å². The Kier molecular flexibility index (Phi) is 7.77. The number of hydrogen-bond acceptors (Lipinski definition) is 6. The minimum atomic E-state index is -4.48. The molecule has 0 radical (unpaired) electrons. The van der Waals surface area contributed by atoms with Gasteiger partial charge in [0.15, 0.2) is 0 Å². The lowest BCUT2D eigenvalue weighted by Crippen LogP contribution is -2.31. The molecule has 1 heterocycles. The fraction of sp³-hybridized carbons (Fsp3) is 0.222. The van der Waals surface area contributed by atoms with E-state index in [1.54, 1.807) is 18.2 Å². The Morgan fingerprint density at radius 2 is 1.89 bits per heavy atom. The monoisotopic (exact) mass is 539 g/mol. The molecule has 4 aromatic rings. The highest BCUT2D eigenvalue weighted by atomic mass is 32.2. The SMILES string of the molecule is CCCCn1cc(Cc2ccc(OC)c(C(=O)NS(=O)(=O)c3ccccc3F)c2)c2cc([N+](=O)[O-])ccc21. The Labute approximate surface area is 219 Å². The molecule has 0 saturated heterocycles. The molecule has 0 spiro atoms. The van der Waals surface area contributed by atoms with Crippen molar-refractivity contribution in [2.75, 3.05) is 7.11 Å². The molecule has 0 atom stereocenters. The quantitative estimate of drug-likeness (QED) is 0.218. The molecule has 3 aromatic carbocycles. The summed E-state index contributed by atoms with van der Waals surface area (Å²) in [6, 6.07) is 14.2. The predicted molar refractivity (Wildman–Crippen MR) is 140 cm³/mol. The van der Waals surface area contributed by atoms with Gasteiger partial charge in [0.1, 0.15) is 16.5 Å². The van der Waals surface area contributed by atoms with Gasteiger partial charge in [0, 0.05) is 35.8 Å². The van der Waals surface area contributed by atoms with Crippen LogP contribution >= 0.6 is 0 Å². The van der Waals surface area contributed by atoms with Crippen molar-refractivity contribution in [1.82, 2.24) is 9.29 Å². The normalized spacial score (nSPS) is 11.4. The summed E-state index contributed by atoms with van der Waals surface area (Å²) in [4.78, 5) is 23.3. The van der Waals surface area contributed by atoms with Crippen LogP contribution in [0.15, 0.2) is 71.8 Å². The van der Waals surface area contributed by atoms with Crippen molar-refractivity contribution in [3.63, 3.8) is 0 Å². The Bertz CT molecular complexity index is 1630. The molecule has 0 saturated carbocycles. The number of fused-ring (bicyclic) bond motifs is 1. The fourth-order valence-electron chi connectivity index (χ4n) is 4.28. The van der Waals surface area contributed by atoms with E-state index in [0.29, 0.717) is 12.0 Å². The Balaban J connectivity index is 1.70. The minimum Gasteiger partial charge on any atom is -0.496 e. The highest BCUT2D eigenvalue weighted by molar-refractivity contribution is 7.90. The molecule has 0 aliphatic rings. The van der Waals surface area contributed by atoms with Crippen LogP contribution in [0.1, 0.15) is 41.3 Å². The number of sulfonamides is 1. The van der Waals surface area contributed by atoms with Crippen molar-refractivity contribution in [3.05, 3.63) is 99.5 Å². The van der Waals surface area contributed by atoms with E-state index in [4.69, 9.17) is 4.74 Å². The molecule has 0 fully saturated rings. The van der Waals surface area contributed by atoms with Gasteiger partial charge >= 0.3 is 0 Å². The van der Waals surface area contributed by atoms with Gasteiger partial charge in [-0.15, -0.1) is 0 Å². The van der Waals surface area contributed by atoms with Crippen LogP contribution in [0.2, 0.25) is 0 Å². The van der Waals surface area contributed by atoms with Crippen LogP contribution < -0.4 is 9.46 Å². The minimum absolute atomic E-state index is 0.0276. The fourth-order valence-corrected chi connectivity index (χ4v) is 5.33. The van der Waals surface area contributed by atoms with Gasteiger partial charge in [0.25, 0.3) is 21.6 Å². The molecule has 1 aromatic heterocycles. The van der Waals surface area contributed by atoms with E-state index in [9.17, 15) is 27.7 Å². The van der Waals surface area contributed by atoms with Crippen molar-refractivity contribution in [1.29, 1.82) is 0 Å². The highest BCUT2D eigenvalue weighted by Crippen LogP contribution is 2.30. The molecule has 9 nitrogen and oxygen atoms in total. The van der Waals surface area contributed by atoms with Crippen LogP contribution in [-0.2, 0) is 23.0 Å². The molecular weight excluding hydrogens is 513 g/mol. The standard InChI is InChI=1S/C27H26FN3O6S/c1-3-4-13-30-17-19(21-16-20(31(33)34)10-11-24(21)30)14-18-9-12-25(37-2)22(15-18)27(32)29-38(35,36)26-8-6-5-7-23(26)28/h5-12,15-17H,3-4,13-14H2,1-2H3,(H,29,32). The lowest BCUT2D eigenvalue weighted by atomic mass is 10.0. The number of aryl methyl sites for hydroxylation is 1. The Morgan fingerprint density at radius 3 is 2.58 bits per heavy atom. The molecule has 198 valence electrons. The number of carbonyl (C=O) groups is 1. The number of non-ortho nitro benzene ring substituents is 1. The third-order valence-corrected chi connectivity index (χ3v) is 7.53. The second-order valence-corrected chi connectivity index (χ2v) is 10.4. The van der Waals surface area contributed by atoms with Gasteiger partial charge in [0.05, 0.1) is 17.6 Å². The number of unbranched alkanes of at least 4 members (excludes halogenated alkanes) is 1. The number of aromatic nitrogens is 1. The van der Waals surface area contributed by atoms with E-state index < -0.39 is 31.6 Å².